The molecule has 164 valence electrons. The second kappa shape index (κ2) is 10.2. The molecule has 2 heterocycles. The predicted molar refractivity (Wildman–Crippen MR) is 113 cm³/mol. The molecule has 30 heavy (non-hydrogen) atoms. The normalized spacial score (nSPS) is 22.8. The molecule has 2 aliphatic heterocycles. The third kappa shape index (κ3) is 5.45. The van der Waals surface area contributed by atoms with Crippen LogP contribution in [0.2, 0.25) is 0 Å². The molecule has 1 aromatic carbocycles. The van der Waals surface area contributed by atoms with Crippen molar-refractivity contribution < 1.29 is 18.8 Å². The van der Waals surface area contributed by atoms with Crippen LogP contribution in [0.1, 0.15) is 73.4 Å². The topological polar surface area (TPSA) is 78.5 Å². The fourth-order valence-electron chi connectivity index (χ4n) is 4.42. The van der Waals surface area contributed by atoms with Crippen LogP contribution < -0.4 is 10.6 Å². The largest absolute Gasteiger partial charge is 0.322 e. The molecule has 7 heteroatoms. The van der Waals surface area contributed by atoms with E-state index in [0.29, 0.717) is 24.6 Å². The number of nitrogens with one attached hydrogen (secondary N) is 2. The van der Waals surface area contributed by atoms with Crippen LogP contribution in [0.5, 0.6) is 0 Å². The van der Waals surface area contributed by atoms with Crippen molar-refractivity contribution in [1.29, 1.82) is 0 Å². The molecule has 1 aliphatic carbocycles. The first-order chi connectivity index (χ1) is 14.4. The number of rotatable bonds is 4. The summed E-state index contributed by atoms with van der Waals surface area (Å²) in [6.45, 7) is 4.09. The van der Waals surface area contributed by atoms with E-state index in [1.165, 1.54) is 32.1 Å². The van der Waals surface area contributed by atoms with Gasteiger partial charge in [0.1, 0.15) is 12.7 Å². The Morgan fingerprint density at radius 2 is 1.90 bits per heavy atom. The number of halogens is 1. The average molecular weight is 418 g/mol. The molecule has 0 radical (unpaired) electrons. The number of piperidine rings is 1. The zero-order chi connectivity index (χ0) is 21.7. The molecule has 0 bridgehead atoms. The van der Waals surface area contributed by atoms with Gasteiger partial charge in [-0.1, -0.05) is 37.0 Å². The van der Waals surface area contributed by atoms with E-state index in [9.17, 15) is 18.8 Å². The Kier molecular flexibility index (Phi) is 7.58. The number of fused-ring (bicyclic) bond motifs is 1. The number of aryl methyl sites for hydroxylation is 1. The zero-order valence-electron chi connectivity index (χ0n) is 17.9. The summed E-state index contributed by atoms with van der Waals surface area (Å²) in [4.78, 5) is 36.8. The van der Waals surface area contributed by atoms with Crippen molar-refractivity contribution in [3.8, 4) is 0 Å². The molecule has 2 atom stereocenters. The lowest BCUT2D eigenvalue weighted by Gasteiger charge is -2.29. The number of benzene rings is 1. The lowest BCUT2D eigenvalue weighted by molar-refractivity contribution is -0.136. The fraction of sp³-hybridized carbons (Fsp3) is 0.609. The number of amides is 3. The van der Waals surface area contributed by atoms with E-state index in [0.717, 1.165) is 11.1 Å². The first-order valence-corrected chi connectivity index (χ1v) is 10.9. The molecule has 1 saturated carbocycles. The Labute approximate surface area is 177 Å². The van der Waals surface area contributed by atoms with Crippen LogP contribution in [-0.2, 0) is 16.1 Å². The molecule has 1 aromatic rings. The van der Waals surface area contributed by atoms with Gasteiger partial charge in [0.25, 0.3) is 5.91 Å². The quantitative estimate of drug-likeness (QED) is 0.738. The van der Waals surface area contributed by atoms with Gasteiger partial charge in [0.2, 0.25) is 11.8 Å². The van der Waals surface area contributed by atoms with Gasteiger partial charge in [-0.3, -0.25) is 19.7 Å². The van der Waals surface area contributed by atoms with Crippen LogP contribution in [0.4, 0.5) is 4.39 Å². The summed E-state index contributed by atoms with van der Waals surface area (Å²) in [5, 5.41) is 5.59. The van der Waals surface area contributed by atoms with Crippen molar-refractivity contribution in [3.63, 3.8) is 0 Å². The number of imide groups is 1. The summed E-state index contributed by atoms with van der Waals surface area (Å²) in [5.74, 6) is -0.750. The van der Waals surface area contributed by atoms with Crippen molar-refractivity contribution in [2.24, 2.45) is 0 Å². The van der Waals surface area contributed by atoms with Crippen LogP contribution in [0, 0.1) is 6.92 Å². The highest BCUT2D eigenvalue weighted by Gasteiger charge is 2.38. The molecule has 3 amide bonds. The van der Waals surface area contributed by atoms with Crippen LogP contribution >= 0.6 is 0 Å². The maximum Gasteiger partial charge on any atom is 0.255 e. The van der Waals surface area contributed by atoms with E-state index in [4.69, 9.17) is 0 Å². The van der Waals surface area contributed by atoms with E-state index >= 15 is 0 Å². The van der Waals surface area contributed by atoms with Gasteiger partial charge in [0, 0.05) is 30.6 Å². The monoisotopic (exact) mass is 417 g/mol. The molecular weight excluding hydrogens is 385 g/mol. The Hall–Kier alpha value is -2.28. The van der Waals surface area contributed by atoms with E-state index in [1.807, 2.05) is 26.0 Å². The summed E-state index contributed by atoms with van der Waals surface area (Å²) in [6, 6.07) is 5.79. The van der Waals surface area contributed by atoms with Crippen molar-refractivity contribution in [1.82, 2.24) is 15.5 Å². The first kappa shape index (κ1) is 22.4. The minimum absolute atomic E-state index is 0.0538. The van der Waals surface area contributed by atoms with E-state index < -0.39 is 6.04 Å². The lowest BCUT2D eigenvalue weighted by atomic mass is 9.95. The van der Waals surface area contributed by atoms with Gasteiger partial charge in [0.05, 0.1) is 0 Å². The lowest BCUT2D eigenvalue weighted by Crippen LogP contribution is -2.52. The molecule has 2 unspecified atom stereocenters. The molecule has 0 aromatic heterocycles. The van der Waals surface area contributed by atoms with Crippen molar-refractivity contribution >= 4 is 17.7 Å². The SMILES string of the molecule is CC(CF)NC1CCCCC1.Cc1ccc2c(c1)CN(C1CCC(=O)NC1=O)C2=O. The molecule has 0 spiro atoms. The molecule has 4 rings (SSSR count). The number of carbonyl (C=O) groups is 3. The smallest absolute Gasteiger partial charge is 0.255 e. The maximum atomic E-state index is 12.3. The predicted octanol–water partition coefficient (Wildman–Crippen LogP) is 3.02. The van der Waals surface area contributed by atoms with Crippen molar-refractivity contribution in [2.75, 3.05) is 6.67 Å². The summed E-state index contributed by atoms with van der Waals surface area (Å²) >= 11 is 0. The van der Waals surface area contributed by atoms with Crippen LogP contribution in [0.3, 0.4) is 0 Å². The number of nitrogens with zero attached hydrogens (tertiary/aromatic N) is 1. The van der Waals surface area contributed by atoms with Crippen LogP contribution in [-0.4, -0.2) is 47.4 Å². The highest BCUT2D eigenvalue weighted by atomic mass is 19.1. The van der Waals surface area contributed by atoms with Crippen molar-refractivity contribution in [2.45, 2.75) is 83.5 Å². The van der Waals surface area contributed by atoms with E-state index in [-0.39, 0.29) is 36.9 Å². The molecule has 2 N–H and O–H groups in total. The highest BCUT2D eigenvalue weighted by molar-refractivity contribution is 6.05. The standard InChI is InChI=1S/C14H14N2O3.C9H18FN/c1-8-2-3-10-9(6-8)7-16(14(10)19)11-4-5-12(17)15-13(11)18;1-8(7-10)11-9-5-3-2-4-6-9/h2-3,6,11H,4-5,7H2,1H3,(H,15,17,18);8-9,11H,2-7H2,1H3. The third-order valence-corrected chi connectivity index (χ3v) is 6.04. The first-order valence-electron chi connectivity index (χ1n) is 10.9. The molecule has 2 fully saturated rings. The molecular formula is C23H32FN3O3. The summed E-state index contributed by atoms with van der Waals surface area (Å²) in [5.41, 5.74) is 2.71. The minimum Gasteiger partial charge on any atom is -0.322 e. The van der Waals surface area contributed by atoms with Crippen molar-refractivity contribution in [3.05, 3.63) is 34.9 Å². The second-order valence-electron chi connectivity index (χ2n) is 8.62. The van der Waals surface area contributed by atoms with Gasteiger partial charge in [-0.25, -0.2) is 4.39 Å². The summed E-state index contributed by atoms with van der Waals surface area (Å²) < 4.78 is 12.1. The summed E-state index contributed by atoms with van der Waals surface area (Å²) in [7, 11) is 0. The average Bonchev–Trinajstić information content (AvgIpc) is 3.04. The Morgan fingerprint density at radius 3 is 2.57 bits per heavy atom. The number of hydrogen-bond donors (Lipinski definition) is 2. The summed E-state index contributed by atoms with van der Waals surface area (Å²) in [6.07, 6.45) is 7.17. The fourth-order valence-corrected chi connectivity index (χ4v) is 4.42. The number of carbonyl (C=O) groups excluding carboxylic acids is 3. The number of hydrogen-bond acceptors (Lipinski definition) is 4. The zero-order valence-corrected chi connectivity index (χ0v) is 17.9. The molecule has 1 saturated heterocycles. The van der Waals surface area contributed by atoms with Gasteiger partial charge >= 0.3 is 0 Å². The van der Waals surface area contributed by atoms with Gasteiger partial charge in [-0.05, 0) is 44.7 Å². The minimum atomic E-state index is -0.530. The third-order valence-electron chi connectivity index (χ3n) is 6.04. The molecule has 3 aliphatic rings. The van der Waals surface area contributed by atoms with E-state index in [2.05, 4.69) is 10.6 Å². The highest BCUT2D eigenvalue weighted by Crippen LogP contribution is 2.27. The Morgan fingerprint density at radius 1 is 1.17 bits per heavy atom. The number of alkyl halides is 1. The van der Waals surface area contributed by atoms with Gasteiger partial charge in [0.15, 0.2) is 0 Å². The van der Waals surface area contributed by atoms with Crippen LogP contribution in [0.15, 0.2) is 18.2 Å². The van der Waals surface area contributed by atoms with Gasteiger partial charge in [-0.2, -0.15) is 0 Å². The maximum absolute atomic E-state index is 12.3. The van der Waals surface area contributed by atoms with Gasteiger partial charge < -0.3 is 10.2 Å². The Bertz CT molecular complexity index is 792. The second-order valence-corrected chi connectivity index (χ2v) is 8.62. The Balaban J connectivity index is 0.000000199. The molecule has 6 nitrogen and oxygen atoms in total. The van der Waals surface area contributed by atoms with Crippen LogP contribution in [0.25, 0.3) is 0 Å². The van der Waals surface area contributed by atoms with Gasteiger partial charge in [-0.15, -0.1) is 0 Å². The van der Waals surface area contributed by atoms with E-state index in [1.54, 1.807) is 11.0 Å².